The van der Waals surface area contributed by atoms with Gasteiger partial charge in [0.05, 0.1) is 4.90 Å². The predicted octanol–water partition coefficient (Wildman–Crippen LogP) is 1.92. The lowest BCUT2D eigenvalue weighted by Crippen LogP contribution is -2.24. The molecule has 1 heterocycles. The summed E-state index contributed by atoms with van der Waals surface area (Å²) >= 11 is 15.0. The van der Waals surface area contributed by atoms with Crippen LogP contribution in [0.1, 0.15) is 0 Å². The molecule has 0 saturated heterocycles. The van der Waals surface area contributed by atoms with Crippen LogP contribution in [0.5, 0.6) is 0 Å². The summed E-state index contributed by atoms with van der Waals surface area (Å²) < 4.78 is 0.532. The van der Waals surface area contributed by atoms with Crippen molar-refractivity contribution in [2.45, 2.75) is 4.90 Å². The molecule has 0 amide bonds. The van der Waals surface area contributed by atoms with E-state index in [9.17, 15) is 5.21 Å². The molecule has 1 aromatic heterocycles. The number of nitrogens with zero attached hydrogens (tertiary/aromatic N) is 1. The normalized spacial score (nSPS) is 9.90. The molecule has 5 heteroatoms. The number of halogens is 2. The first-order valence-corrected chi connectivity index (χ1v) is 3.58. The summed E-state index contributed by atoms with van der Waals surface area (Å²) in [6.45, 7) is 0. The molecule has 0 aliphatic heterocycles. The molecular formula is C5H3Cl2NOS. The fourth-order valence-corrected chi connectivity index (χ4v) is 1.06. The lowest BCUT2D eigenvalue weighted by molar-refractivity contribution is -0.605. The molecule has 0 fully saturated rings. The highest BCUT2D eigenvalue weighted by molar-refractivity contribution is 7.80. The van der Waals surface area contributed by atoms with E-state index in [2.05, 4.69) is 12.6 Å². The van der Waals surface area contributed by atoms with Gasteiger partial charge in [0.15, 0.2) is 12.4 Å². The Bertz CT molecular complexity index is 243. The van der Waals surface area contributed by atoms with Gasteiger partial charge >= 0.3 is 0 Å². The number of hydrogen-bond acceptors (Lipinski definition) is 2. The van der Waals surface area contributed by atoms with E-state index in [1.54, 1.807) is 0 Å². The van der Waals surface area contributed by atoms with Crippen molar-refractivity contribution in [2.24, 2.45) is 0 Å². The molecule has 1 aromatic rings. The van der Waals surface area contributed by atoms with E-state index >= 15 is 0 Å². The molecule has 0 aromatic carbocycles. The van der Waals surface area contributed by atoms with Crippen LogP contribution in [0, 0.1) is 5.21 Å². The Morgan fingerprint density at radius 3 is 2.10 bits per heavy atom. The highest BCUT2D eigenvalue weighted by atomic mass is 35.5. The Morgan fingerprint density at radius 2 is 1.70 bits per heavy atom. The van der Waals surface area contributed by atoms with E-state index < -0.39 is 0 Å². The minimum absolute atomic E-state index is 0.255. The van der Waals surface area contributed by atoms with Crippen LogP contribution in [-0.4, -0.2) is 0 Å². The van der Waals surface area contributed by atoms with Crippen LogP contribution in [0.2, 0.25) is 10.0 Å². The van der Waals surface area contributed by atoms with Crippen LogP contribution in [-0.2, 0) is 0 Å². The summed E-state index contributed by atoms with van der Waals surface area (Å²) in [7, 11) is 0. The zero-order valence-electron chi connectivity index (χ0n) is 4.71. The standard InChI is InChI=1S/C5H3Cl2NOS/c6-3-1-8(9)2-4(7)5(3)10/h1-2,10H. The summed E-state index contributed by atoms with van der Waals surface area (Å²) in [4.78, 5) is 0.426. The van der Waals surface area contributed by atoms with Crippen molar-refractivity contribution in [2.75, 3.05) is 0 Å². The topological polar surface area (TPSA) is 26.9 Å². The Morgan fingerprint density at radius 1 is 1.30 bits per heavy atom. The number of rotatable bonds is 0. The molecule has 0 N–H and O–H groups in total. The van der Waals surface area contributed by atoms with Gasteiger partial charge in [0, 0.05) is 0 Å². The summed E-state index contributed by atoms with van der Waals surface area (Å²) in [5, 5.41) is 11.1. The molecule has 0 atom stereocenters. The van der Waals surface area contributed by atoms with Gasteiger partial charge in [-0.2, -0.15) is 4.73 Å². The van der Waals surface area contributed by atoms with Gasteiger partial charge < -0.3 is 5.21 Å². The van der Waals surface area contributed by atoms with Gasteiger partial charge in [-0.25, -0.2) is 0 Å². The maximum Gasteiger partial charge on any atom is 0.200 e. The third kappa shape index (κ3) is 1.48. The molecule has 0 aliphatic rings. The van der Waals surface area contributed by atoms with Gasteiger partial charge in [0.1, 0.15) is 10.0 Å². The minimum atomic E-state index is 0.255. The minimum Gasteiger partial charge on any atom is -0.619 e. The monoisotopic (exact) mass is 195 g/mol. The van der Waals surface area contributed by atoms with Gasteiger partial charge in [0.25, 0.3) is 0 Å². The maximum atomic E-state index is 10.6. The molecule has 0 unspecified atom stereocenters. The van der Waals surface area contributed by atoms with Crippen LogP contribution in [0.25, 0.3) is 0 Å². The molecule has 0 saturated carbocycles. The van der Waals surface area contributed by atoms with E-state index in [1.807, 2.05) is 0 Å². The van der Waals surface area contributed by atoms with Gasteiger partial charge in [-0.3, -0.25) is 0 Å². The van der Waals surface area contributed by atoms with Gasteiger partial charge in [-0.1, -0.05) is 23.2 Å². The molecule has 0 bridgehead atoms. The summed E-state index contributed by atoms with van der Waals surface area (Å²) in [6.07, 6.45) is 2.38. The largest absolute Gasteiger partial charge is 0.619 e. The second kappa shape index (κ2) is 2.86. The first-order chi connectivity index (χ1) is 4.61. The second-order valence-corrected chi connectivity index (χ2v) is 2.92. The third-order valence-electron chi connectivity index (χ3n) is 0.934. The van der Waals surface area contributed by atoms with Gasteiger partial charge in [-0.05, 0) is 0 Å². The van der Waals surface area contributed by atoms with Crippen LogP contribution in [0.3, 0.4) is 0 Å². The number of thiol groups is 1. The molecule has 54 valence electrons. The maximum absolute atomic E-state index is 10.6. The van der Waals surface area contributed by atoms with E-state index in [4.69, 9.17) is 23.2 Å². The number of hydrogen-bond donors (Lipinski definition) is 1. The fourth-order valence-electron chi connectivity index (χ4n) is 0.497. The quantitative estimate of drug-likeness (QED) is 0.383. The molecule has 2 nitrogen and oxygen atoms in total. The van der Waals surface area contributed by atoms with E-state index in [0.29, 0.717) is 9.63 Å². The molecule has 0 radical (unpaired) electrons. The lowest BCUT2D eigenvalue weighted by atomic mass is 10.5. The van der Waals surface area contributed by atoms with Crippen molar-refractivity contribution in [3.8, 4) is 0 Å². The van der Waals surface area contributed by atoms with Crippen molar-refractivity contribution >= 4 is 35.8 Å². The zero-order chi connectivity index (χ0) is 7.72. The average Bonchev–Trinajstić information content (AvgIpc) is 1.82. The van der Waals surface area contributed by atoms with Crippen molar-refractivity contribution in [3.63, 3.8) is 0 Å². The lowest BCUT2D eigenvalue weighted by Gasteiger charge is -1.99. The highest BCUT2D eigenvalue weighted by Crippen LogP contribution is 2.24. The Labute approximate surface area is 73.4 Å². The van der Waals surface area contributed by atoms with Crippen LogP contribution in [0.4, 0.5) is 0 Å². The third-order valence-corrected chi connectivity index (χ3v) is 2.25. The molecule has 1 rings (SSSR count). The van der Waals surface area contributed by atoms with Crippen LogP contribution in [0.15, 0.2) is 17.3 Å². The first-order valence-electron chi connectivity index (χ1n) is 2.38. The van der Waals surface area contributed by atoms with Crippen molar-refractivity contribution in [3.05, 3.63) is 27.6 Å². The van der Waals surface area contributed by atoms with E-state index in [-0.39, 0.29) is 10.0 Å². The Kier molecular flexibility index (Phi) is 2.28. The summed E-state index contributed by atoms with van der Waals surface area (Å²) in [5.74, 6) is 0. The Hall–Kier alpha value is -0.120. The van der Waals surface area contributed by atoms with E-state index in [1.165, 1.54) is 12.4 Å². The van der Waals surface area contributed by atoms with Gasteiger partial charge in [0.2, 0.25) is 0 Å². The van der Waals surface area contributed by atoms with Crippen molar-refractivity contribution < 1.29 is 4.73 Å². The SMILES string of the molecule is [O-][n+]1cc(Cl)c(S)c(Cl)c1. The predicted molar refractivity (Wildman–Crippen MR) is 42.7 cm³/mol. The second-order valence-electron chi connectivity index (χ2n) is 1.66. The molecule has 0 spiro atoms. The molecule has 10 heavy (non-hydrogen) atoms. The smallest absolute Gasteiger partial charge is 0.200 e. The summed E-state index contributed by atoms with van der Waals surface area (Å²) in [5.41, 5.74) is 0. The highest BCUT2D eigenvalue weighted by Gasteiger charge is 2.05. The Balaban J connectivity index is 3.31. The number of aromatic nitrogens is 1. The first kappa shape index (κ1) is 7.98. The van der Waals surface area contributed by atoms with Gasteiger partial charge in [-0.15, -0.1) is 12.6 Å². The van der Waals surface area contributed by atoms with Crippen molar-refractivity contribution in [1.29, 1.82) is 0 Å². The number of pyridine rings is 1. The fraction of sp³-hybridized carbons (Fsp3) is 0. The molecular weight excluding hydrogens is 193 g/mol. The summed E-state index contributed by atoms with van der Waals surface area (Å²) in [6, 6.07) is 0. The van der Waals surface area contributed by atoms with Crippen molar-refractivity contribution in [1.82, 2.24) is 0 Å². The van der Waals surface area contributed by atoms with Crippen LogP contribution < -0.4 is 4.73 Å². The zero-order valence-corrected chi connectivity index (χ0v) is 7.12. The van der Waals surface area contributed by atoms with E-state index in [0.717, 1.165) is 0 Å². The van der Waals surface area contributed by atoms with Crippen LogP contribution >= 0.6 is 35.8 Å². The average molecular weight is 196 g/mol. The molecule has 0 aliphatic carbocycles.